The van der Waals surface area contributed by atoms with Crippen molar-refractivity contribution in [1.29, 1.82) is 0 Å². The Morgan fingerprint density at radius 2 is 2.10 bits per heavy atom. The molecule has 1 aromatic rings. The average Bonchev–Trinajstić information content (AvgIpc) is 2.37. The zero-order valence-electron chi connectivity index (χ0n) is 13.0. The van der Waals surface area contributed by atoms with Gasteiger partial charge in [0, 0.05) is 18.7 Å². The number of hydrogen-bond acceptors (Lipinski definition) is 3. The minimum Gasteiger partial charge on any atom is -0.399 e. The van der Waals surface area contributed by atoms with E-state index >= 15 is 0 Å². The number of nitrogens with one attached hydrogen (secondary N) is 1. The Morgan fingerprint density at radius 3 is 2.71 bits per heavy atom. The highest BCUT2D eigenvalue weighted by molar-refractivity contribution is 6.34. The van der Waals surface area contributed by atoms with E-state index in [0.29, 0.717) is 41.8 Å². The van der Waals surface area contributed by atoms with Gasteiger partial charge in [0.05, 0.1) is 16.8 Å². The summed E-state index contributed by atoms with van der Waals surface area (Å²) in [6, 6.07) is 5.03. The summed E-state index contributed by atoms with van der Waals surface area (Å²) in [5, 5.41) is 3.22. The summed E-state index contributed by atoms with van der Waals surface area (Å²) in [4.78, 5) is 11.8. The highest BCUT2D eigenvalue weighted by Gasteiger charge is 2.08. The molecule has 0 heterocycles. The Labute approximate surface area is 132 Å². The first-order chi connectivity index (χ1) is 9.88. The Kier molecular flexibility index (Phi) is 7.54. The lowest BCUT2D eigenvalue weighted by Gasteiger charge is -2.15. The molecule has 0 aliphatic carbocycles. The fourth-order valence-electron chi connectivity index (χ4n) is 2.09. The van der Waals surface area contributed by atoms with Crippen molar-refractivity contribution in [2.75, 3.05) is 17.7 Å². The molecule has 21 heavy (non-hydrogen) atoms. The number of rotatable bonds is 8. The molecule has 0 aromatic heterocycles. The van der Waals surface area contributed by atoms with Gasteiger partial charge >= 0.3 is 0 Å². The second-order valence-corrected chi connectivity index (χ2v) is 6.11. The van der Waals surface area contributed by atoms with E-state index in [9.17, 15) is 4.79 Å². The molecule has 1 unspecified atom stereocenters. The summed E-state index contributed by atoms with van der Waals surface area (Å²) < 4.78 is 5.67. The molecule has 0 aliphatic heterocycles. The van der Waals surface area contributed by atoms with Crippen LogP contribution in [0.2, 0.25) is 5.02 Å². The summed E-state index contributed by atoms with van der Waals surface area (Å²) in [7, 11) is 0. The van der Waals surface area contributed by atoms with Gasteiger partial charge in [-0.05, 0) is 43.9 Å². The molecule has 0 radical (unpaired) electrons. The molecule has 1 aromatic carbocycles. The smallest absolute Gasteiger partial charge is 0.224 e. The zero-order chi connectivity index (χ0) is 15.8. The number of anilines is 2. The van der Waals surface area contributed by atoms with Gasteiger partial charge in [0.2, 0.25) is 5.91 Å². The lowest BCUT2D eigenvalue weighted by molar-refractivity contribution is -0.116. The molecule has 118 valence electrons. The average molecular weight is 313 g/mol. The van der Waals surface area contributed by atoms with Crippen molar-refractivity contribution in [3.63, 3.8) is 0 Å². The number of hydrogen-bond donors (Lipinski definition) is 2. The standard InChI is InChI=1S/C16H25ClN2O2/c1-11(2)9-12(3)21-8-4-5-16(20)19-15-7-6-13(18)10-14(15)17/h6-7,10-12H,4-5,8-9,18H2,1-3H3,(H,19,20). The SMILES string of the molecule is CC(C)CC(C)OCCCC(=O)Nc1ccc(N)cc1Cl. The summed E-state index contributed by atoms with van der Waals surface area (Å²) in [6.45, 7) is 7.00. The molecule has 1 rings (SSSR count). The van der Waals surface area contributed by atoms with Gasteiger partial charge in [-0.3, -0.25) is 4.79 Å². The summed E-state index contributed by atoms with van der Waals surface area (Å²) in [6.07, 6.45) is 2.38. The van der Waals surface area contributed by atoms with Crippen molar-refractivity contribution >= 4 is 28.9 Å². The summed E-state index contributed by atoms with van der Waals surface area (Å²) in [5.41, 5.74) is 6.77. The van der Waals surface area contributed by atoms with E-state index < -0.39 is 0 Å². The maximum absolute atomic E-state index is 11.8. The Bertz CT molecular complexity index is 464. The third-order valence-electron chi connectivity index (χ3n) is 3.02. The lowest BCUT2D eigenvalue weighted by atomic mass is 10.1. The molecule has 0 saturated carbocycles. The third-order valence-corrected chi connectivity index (χ3v) is 3.33. The number of halogens is 1. The minimum absolute atomic E-state index is 0.0678. The quantitative estimate of drug-likeness (QED) is 0.561. The van der Waals surface area contributed by atoms with Crippen LogP contribution in [-0.2, 0) is 9.53 Å². The van der Waals surface area contributed by atoms with Crippen molar-refractivity contribution in [2.45, 2.75) is 46.1 Å². The summed E-state index contributed by atoms with van der Waals surface area (Å²) >= 11 is 6.01. The highest BCUT2D eigenvalue weighted by atomic mass is 35.5. The number of nitrogens with two attached hydrogens (primary N) is 1. The lowest BCUT2D eigenvalue weighted by Crippen LogP contribution is -2.15. The van der Waals surface area contributed by atoms with Crippen molar-refractivity contribution < 1.29 is 9.53 Å². The maximum atomic E-state index is 11.8. The van der Waals surface area contributed by atoms with E-state index in [4.69, 9.17) is 22.1 Å². The molecule has 0 saturated heterocycles. The topological polar surface area (TPSA) is 64.3 Å². The molecule has 4 nitrogen and oxygen atoms in total. The summed E-state index contributed by atoms with van der Waals surface area (Å²) in [5.74, 6) is 0.553. The van der Waals surface area contributed by atoms with Crippen LogP contribution in [0.4, 0.5) is 11.4 Å². The monoisotopic (exact) mass is 312 g/mol. The first-order valence-corrected chi connectivity index (χ1v) is 7.72. The molecule has 0 spiro atoms. The predicted octanol–water partition coefficient (Wildman–Crippen LogP) is 4.09. The minimum atomic E-state index is -0.0678. The van der Waals surface area contributed by atoms with E-state index in [1.165, 1.54) is 0 Å². The van der Waals surface area contributed by atoms with Gasteiger partial charge in [-0.1, -0.05) is 25.4 Å². The zero-order valence-corrected chi connectivity index (χ0v) is 13.7. The van der Waals surface area contributed by atoms with Gasteiger partial charge in [0.1, 0.15) is 0 Å². The van der Waals surface area contributed by atoms with Gasteiger partial charge < -0.3 is 15.8 Å². The van der Waals surface area contributed by atoms with E-state index in [2.05, 4.69) is 26.1 Å². The van der Waals surface area contributed by atoms with Crippen LogP contribution in [0.1, 0.15) is 40.0 Å². The molecule has 0 fully saturated rings. The van der Waals surface area contributed by atoms with Gasteiger partial charge in [-0.15, -0.1) is 0 Å². The van der Waals surface area contributed by atoms with Crippen LogP contribution < -0.4 is 11.1 Å². The van der Waals surface area contributed by atoms with Crippen LogP contribution in [0.15, 0.2) is 18.2 Å². The molecule has 0 aliphatic rings. The third kappa shape index (κ3) is 7.34. The van der Waals surface area contributed by atoms with E-state index in [-0.39, 0.29) is 12.0 Å². The van der Waals surface area contributed by atoms with Crippen LogP contribution in [0, 0.1) is 5.92 Å². The van der Waals surface area contributed by atoms with E-state index in [0.717, 1.165) is 6.42 Å². The normalized spacial score (nSPS) is 12.4. The molecular formula is C16H25ClN2O2. The second-order valence-electron chi connectivity index (χ2n) is 5.70. The Morgan fingerprint density at radius 1 is 1.38 bits per heavy atom. The number of benzene rings is 1. The first kappa shape index (κ1) is 17.8. The van der Waals surface area contributed by atoms with Gasteiger partial charge in [-0.25, -0.2) is 0 Å². The highest BCUT2D eigenvalue weighted by Crippen LogP contribution is 2.24. The Balaban J connectivity index is 2.25. The number of nitrogen functional groups attached to an aromatic ring is 1. The van der Waals surface area contributed by atoms with E-state index in [1.54, 1.807) is 18.2 Å². The number of ether oxygens (including phenoxy) is 1. The maximum Gasteiger partial charge on any atom is 0.224 e. The van der Waals surface area contributed by atoms with Crippen LogP contribution in [0.5, 0.6) is 0 Å². The molecule has 3 N–H and O–H groups in total. The molecule has 5 heteroatoms. The van der Waals surface area contributed by atoms with Crippen molar-refractivity contribution in [3.8, 4) is 0 Å². The molecule has 1 atom stereocenters. The van der Waals surface area contributed by atoms with Crippen LogP contribution >= 0.6 is 11.6 Å². The van der Waals surface area contributed by atoms with Crippen molar-refractivity contribution in [3.05, 3.63) is 23.2 Å². The number of amides is 1. The number of carbonyl (C=O) groups excluding carboxylic acids is 1. The van der Waals surface area contributed by atoms with Gasteiger partial charge in [-0.2, -0.15) is 0 Å². The largest absolute Gasteiger partial charge is 0.399 e. The first-order valence-electron chi connectivity index (χ1n) is 7.35. The van der Waals surface area contributed by atoms with Gasteiger partial charge in [0.15, 0.2) is 0 Å². The fourth-order valence-corrected chi connectivity index (χ4v) is 2.33. The molecular weight excluding hydrogens is 288 g/mol. The van der Waals surface area contributed by atoms with Crippen LogP contribution in [0.25, 0.3) is 0 Å². The second kappa shape index (κ2) is 8.90. The molecule has 1 amide bonds. The fraction of sp³-hybridized carbons (Fsp3) is 0.562. The number of carbonyl (C=O) groups is 1. The van der Waals surface area contributed by atoms with Crippen LogP contribution in [0.3, 0.4) is 0 Å². The van der Waals surface area contributed by atoms with Crippen molar-refractivity contribution in [1.82, 2.24) is 0 Å². The molecule has 0 bridgehead atoms. The Hall–Kier alpha value is -1.26. The van der Waals surface area contributed by atoms with Gasteiger partial charge in [0.25, 0.3) is 0 Å². The van der Waals surface area contributed by atoms with Crippen LogP contribution in [-0.4, -0.2) is 18.6 Å². The predicted molar refractivity (Wildman–Crippen MR) is 88.6 cm³/mol. The van der Waals surface area contributed by atoms with E-state index in [1.807, 2.05) is 0 Å². The van der Waals surface area contributed by atoms with Crippen molar-refractivity contribution in [2.24, 2.45) is 5.92 Å².